The van der Waals surface area contributed by atoms with Gasteiger partial charge in [-0.2, -0.15) is 0 Å². The van der Waals surface area contributed by atoms with Crippen LogP contribution >= 0.6 is 0 Å². The number of nitrogens with one attached hydrogen (secondary N) is 2. The van der Waals surface area contributed by atoms with Gasteiger partial charge in [0, 0.05) is 12.0 Å². The number of aliphatic carboxylic acids is 1. The number of carbonyl (C=O) groups excluding carboxylic acids is 2. The minimum Gasteiger partial charge on any atom is -0.497 e. The Morgan fingerprint density at radius 3 is 2.20 bits per heavy atom. The lowest BCUT2D eigenvalue weighted by Gasteiger charge is -2.16. The Hall–Kier alpha value is -4.37. The zero-order valence-corrected chi connectivity index (χ0v) is 18.9. The van der Waals surface area contributed by atoms with Crippen LogP contribution in [0.1, 0.15) is 27.4 Å². The van der Waals surface area contributed by atoms with E-state index in [2.05, 4.69) is 10.6 Å². The van der Waals surface area contributed by atoms with Crippen LogP contribution in [-0.4, -0.2) is 54.5 Å². The van der Waals surface area contributed by atoms with E-state index in [9.17, 15) is 19.5 Å². The number of hydrogen-bond acceptors (Lipinski definition) is 6. The summed E-state index contributed by atoms with van der Waals surface area (Å²) in [5.41, 5.74) is 4.51. The fraction of sp³-hybridized carbons (Fsp3) is 0.192. The second-order valence-electron chi connectivity index (χ2n) is 7.93. The number of rotatable bonds is 8. The predicted molar refractivity (Wildman–Crippen MR) is 128 cm³/mol. The number of carboxylic acids is 1. The summed E-state index contributed by atoms with van der Waals surface area (Å²) in [6, 6.07) is 20.3. The standard InChI is InChI=1S/C26H24N2O7/c1-34-15-10-11-20(24(30)27-13-23(29)25(31)32)22(12-15)28-26(33)35-14-21-18-8-4-2-6-16(18)17-7-3-5-9-19(17)21/h2-12,21,23,29H,13-14H2,1H3,(H,27,30)(H,28,33)(H,31,32). The second-order valence-corrected chi connectivity index (χ2v) is 7.93. The first kappa shape index (κ1) is 23.8. The number of aliphatic hydroxyl groups excluding tert-OH is 1. The lowest BCUT2D eigenvalue weighted by molar-refractivity contribution is -0.146. The molecule has 180 valence electrons. The van der Waals surface area contributed by atoms with Gasteiger partial charge in [-0.15, -0.1) is 0 Å². The summed E-state index contributed by atoms with van der Waals surface area (Å²) < 4.78 is 10.7. The van der Waals surface area contributed by atoms with Gasteiger partial charge >= 0.3 is 12.1 Å². The van der Waals surface area contributed by atoms with E-state index in [4.69, 9.17) is 14.6 Å². The highest BCUT2D eigenvalue weighted by atomic mass is 16.5. The van der Waals surface area contributed by atoms with Gasteiger partial charge in [0.05, 0.1) is 24.9 Å². The van der Waals surface area contributed by atoms with Crippen molar-refractivity contribution in [3.63, 3.8) is 0 Å². The Bertz CT molecular complexity index is 1230. The van der Waals surface area contributed by atoms with Crippen LogP contribution in [0.25, 0.3) is 11.1 Å². The number of amides is 2. The number of fused-ring (bicyclic) bond motifs is 3. The molecule has 0 aromatic heterocycles. The van der Waals surface area contributed by atoms with Crippen LogP contribution in [-0.2, 0) is 9.53 Å². The van der Waals surface area contributed by atoms with Crippen molar-refractivity contribution < 1.29 is 34.1 Å². The molecule has 2 amide bonds. The molecule has 0 aliphatic heterocycles. The third kappa shape index (κ3) is 5.10. The minimum absolute atomic E-state index is 0.0527. The first-order chi connectivity index (χ1) is 16.9. The molecule has 0 fully saturated rings. The molecule has 1 aliphatic carbocycles. The fourth-order valence-corrected chi connectivity index (χ4v) is 4.07. The Kier molecular flexibility index (Phi) is 6.98. The van der Waals surface area contributed by atoms with Crippen molar-refractivity contribution in [3.05, 3.63) is 83.4 Å². The zero-order valence-electron chi connectivity index (χ0n) is 18.9. The van der Waals surface area contributed by atoms with E-state index in [0.29, 0.717) is 5.75 Å². The lowest BCUT2D eigenvalue weighted by atomic mass is 9.98. The van der Waals surface area contributed by atoms with Gasteiger partial charge in [0.25, 0.3) is 5.91 Å². The van der Waals surface area contributed by atoms with E-state index in [-0.39, 0.29) is 23.8 Å². The van der Waals surface area contributed by atoms with Crippen molar-refractivity contribution in [3.8, 4) is 16.9 Å². The molecule has 1 aliphatic rings. The summed E-state index contributed by atoms with van der Waals surface area (Å²) in [5, 5.41) is 23.1. The number of carboxylic acid groups (broad SMARTS) is 1. The maximum atomic E-state index is 12.7. The SMILES string of the molecule is COc1ccc(C(=O)NCC(O)C(=O)O)c(NC(=O)OCC2c3ccccc3-c3ccccc32)c1. The molecule has 0 bridgehead atoms. The van der Waals surface area contributed by atoms with Gasteiger partial charge in [-0.1, -0.05) is 48.5 Å². The first-order valence-electron chi connectivity index (χ1n) is 10.9. The van der Waals surface area contributed by atoms with E-state index in [0.717, 1.165) is 22.3 Å². The summed E-state index contributed by atoms with van der Waals surface area (Å²) >= 11 is 0. The molecule has 0 spiro atoms. The van der Waals surface area contributed by atoms with Crippen molar-refractivity contribution in [2.24, 2.45) is 0 Å². The van der Waals surface area contributed by atoms with E-state index in [1.807, 2.05) is 48.5 Å². The number of aliphatic hydroxyl groups is 1. The van der Waals surface area contributed by atoms with Crippen molar-refractivity contribution in [2.75, 3.05) is 25.6 Å². The number of anilines is 1. The highest BCUT2D eigenvalue weighted by molar-refractivity contribution is 6.03. The Morgan fingerprint density at radius 1 is 0.971 bits per heavy atom. The zero-order chi connectivity index (χ0) is 24.9. The molecule has 0 saturated heterocycles. The lowest BCUT2D eigenvalue weighted by Crippen LogP contribution is -2.36. The van der Waals surface area contributed by atoms with Gasteiger partial charge in [0.2, 0.25) is 0 Å². The predicted octanol–water partition coefficient (Wildman–Crippen LogP) is 3.23. The summed E-state index contributed by atoms with van der Waals surface area (Å²) in [6.45, 7) is -0.402. The van der Waals surface area contributed by atoms with Crippen LogP contribution in [0, 0.1) is 0 Å². The van der Waals surface area contributed by atoms with Crippen LogP contribution in [0.3, 0.4) is 0 Å². The van der Waals surface area contributed by atoms with Crippen molar-refractivity contribution in [2.45, 2.75) is 12.0 Å². The monoisotopic (exact) mass is 476 g/mol. The summed E-state index contributed by atoms with van der Waals surface area (Å²) in [5.74, 6) is -1.88. The van der Waals surface area contributed by atoms with Crippen LogP contribution < -0.4 is 15.4 Å². The van der Waals surface area contributed by atoms with Gasteiger partial charge in [0.15, 0.2) is 6.10 Å². The maximum absolute atomic E-state index is 12.7. The van der Waals surface area contributed by atoms with Crippen LogP contribution in [0.4, 0.5) is 10.5 Å². The average molecular weight is 476 g/mol. The largest absolute Gasteiger partial charge is 0.497 e. The van der Waals surface area contributed by atoms with Crippen LogP contribution in [0.15, 0.2) is 66.7 Å². The van der Waals surface area contributed by atoms with Gasteiger partial charge in [-0.25, -0.2) is 9.59 Å². The number of ether oxygens (including phenoxy) is 2. The molecule has 4 rings (SSSR count). The van der Waals surface area contributed by atoms with Crippen LogP contribution in [0.5, 0.6) is 5.75 Å². The average Bonchev–Trinajstić information content (AvgIpc) is 3.19. The third-order valence-electron chi connectivity index (χ3n) is 5.79. The molecule has 0 radical (unpaired) electrons. The third-order valence-corrected chi connectivity index (χ3v) is 5.79. The maximum Gasteiger partial charge on any atom is 0.411 e. The molecule has 0 heterocycles. The smallest absolute Gasteiger partial charge is 0.411 e. The van der Waals surface area contributed by atoms with Crippen molar-refractivity contribution in [1.29, 1.82) is 0 Å². The van der Waals surface area contributed by atoms with E-state index >= 15 is 0 Å². The van der Waals surface area contributed by atoms with Gasteiger partial charge in [-0.3, -0.25) is 10.1 Å². The molecule has 9 nitrogen and oxygen atoms in total. The molecule has 4 N–H and O–H groups in total. The molecule has 3 aromatic rings. The van der Waals surface area contributed by atoms with Crippen LogP contribution in [0.2, 0.25) is 0 Å². The highest BCUT2D eigenvalue weighted by Crippen LogP contribution is 2.44. The molecule has 1 unspecified atom stereocenters. The van der Waals surface area contributed by atoms with Crippen molar-refractivity contribution in [1.82, 2.24) is 5.32 Å². The Morgan fingerprint density at radius 2 is 1.60 bits per heavy atom. The van der Waals surface area contributed by atoms with Crippen molar-refractivity contribution >= 4 is 23.7 Å². The summed E-state index contributed by atoms with van der Waals surface area (Å²) in [6.07, 6.45) is -2.52. The van der Waals surface area contributed by atoms with Gasteiger partial charge < -0.3 is 25.0 Å². The summed E-state index contributed by atoms with van der Waals surface area (Å²) in [7, 11) is 1.44. The Balaban J connectivity index is 1.47. The second kappa shape index (κ2) is 10.3. The number of carbonyl (C=O) groups is 3. The fourth-order valence-electron chi connectivity index (χ4n) is 4.07. The van der Waals surface area contributed by atoms with E-state index < -0.39 is 30.6 Å². The molecular formula is C26H24N2O7. The topological polar surface area (TPSA) is 134 Å². The number of benzene rings is 3. The van der Waals surface area contributed by atoms with E-state index in [1.165, 1.54) is 25.3 Å². The molecule has 35 heavy (non-hydrogen) atoms. The quantitative estimate of drug-likeness (QED) is 0.392. The normalized spacial score (nSPS) is 12.7. The highest BCUT2D eigenvalue weighted by Gasteiger charge is 2.29. The van der Waals surface area contributed by atoms with Gasteiger partial charge in [0.1, 0.15) is 12.4 Å². The summed E-state index contributed by atoms with van der Waals surface area (Å²) in [4.78, 5) is 36.1. The Labute approximate surface area is 201 Å². The van der Waals surface area contributed by atoms with Gasteiger partial charge in [-0.05, 0) is 34.4 Å². The molecule has 0 saturated carbocycles. The number of hydrogen-bond donors (Lipinski definition) is 4. The number of methoxy groups -OCH3 is 1. The molecule has 3 aromatic carbocycles. The minimum atomic E-state index is -1.75. The first-order valence-corrected chi connectivity index (χ1v) is 10.9. The van der Waals surface area contributed by atoms with E-state index in [1.54, 1.807) is 0 Å². The molecule has 9 heteroatoms. The molecule has 1 atom stereocenters. The molecular weight excluding hydrogens is 452 g/mol.